The first-order valence-corrected chi connectivity index (χ1v) is 6.86. The molecule has 0 saturated carbocycles. The van der Waals surface area contributed by atoms with Gasteiger partial charge in [-0.15, -0.1) is 0 Å². The van der Waals surface area contributed by atoms with E-state index in [9.17, 15) is 4.79 Å². The van der Waals surface area contributed by atoms with Gasteiger partial charge in [0, 0.05) is 31.9 Å². The van der Waals surface area contributed by atoms with Crippen LogP contribution in [0.5, 0.6) is 0 Å². The topological polar surface area (TPSA) is 73.0 Å². The van der Waals surface area contributed by atoms with E-state index >= 15 is 0 Å². The predicted octanol–water partition coefficient (Wildman–Crippen LogP) is 1.48. The van der Waals surface area contributed by atoms with Gasteiger partial charge in [-0.05, 0) is 26.2 Å². The maximum Gasteiger partial charge on any atom is 0.256 e. The highest BCUT2D eigenvalue weighted by Crippen LogP contribution is 2.19. The summed E-state index contributed by atoms with van der Waals surface area (Å²) >= 11 is 0. The molecule has 1 amide bonds. The summed E-state index contributed by atoms with van der Waals surface area (Å²) in [6.45, 7) is 5.17. The molecule has 0 fully saturated rings. The molecule has 0 spiro atoms. The monoisotopic (exact) mass is 274 g/mol. The van der Waals surface area contributed by atoms with Crippen LogP contribution in [0.15, 0.2) is 16.9 Å². The molecule has 0 aliphatic carbocycles. The van der Waals surface area contributed by atoms with Crippen molar-refractivity contribution in [1.29, 1.82) is 0 Å². The molecule has 106 valence electrons. The molecule has 2 aromatic heterocycles. The van der Waals surface area contributed by atoms with E-state index in [-0.39, 0.29) is 5.91 Å². The molecular weight excluding hydrogens is 256 g/mol. The zero-order valence-corrected chi connectivity index (χ0v) is 11.7. The molecule has 3 heterocycles. The molecule has 0 bridgehead atoms. The van der Waals surface area contributed by atoms with Gasteiger partial charge in [0.25, 0.3) is 5.91 Å². The third kappa shape index (κ3) is 2.33. The predicted molar refractivity (Wildman–Crippen MR) is 72.3 cm³/mol. The number of nitrogens with one attached hydrogen (secondary N) is 1. The molecule has 6 nitrogen and oxygen atoms in total. The van der Waals surface area contributed by atoms with Crippen molar-refractivity contribution in [2.75, 3.05) is 6.54 Å². The lowest BCUT2D eigenvalue weighted by Gasteiger charge is -2.23. The van der Waals surface area contributed by atoms with Crippen molar-refractivity contribution >= 4 is 5.91 Å². The molecule has 0 aromatic carbocycles. The van der Waals surface area contributed by atoms with Crippen molar-refractivity contribution in [3.63, 3.8) is 0 Å². The molecule has 1 aliphatic rings. The number of rotatable bonds is 3. The first-order chi connectivity index (χ1) is 9.65. The van der Waals surface area contributed by atoms with Crippen LogP contribution < -0.4 is 5.32 Å². The van der Waals surface area contributed by atoms with Crippen molar-refractivity contribution in [1.82, 2.24) is 20.0 Å². The Morgan fingerprint density at radius 1 is 1.55 bits per heavy atom. The van der Waals surface area contributed by atoms with Crippen LogP contribution in [0.4, 0.5) is 0 Å². The number of fused-ring (bicyclic) bond motifs is 1. The third-order valence-corrected chi connectivity index (χ3v) is 3.86. The van der Waals surface area contributed by atoms with Crippen molar-refractivity contribution < 1.29 is 9.32 Å². The van der Waals surface area contributed by atoms with Crippen LogP contribution in [-0.2, 0) is 13.0 Å². The van der Waals surface area contributed by atoms with Crippen LogP contribution in [0.2, 0.25) is 0 Å². The molecule has 0 radical (unpaired) electrons. The van der Waals surface area contributed by atoms with Gasteiger partial charge in [0.1, 0.15) is 17.1 Å². The van der Waals surface area contributed by atoms with Gasteiger partial charge in [-0.3, -0.25) is 4.79 Å². The molecule has 3 rings (SSSR count). The quantitative estimate of drug-likeness (QED) is 0.920. The summed E-state index contributed by atoms with van der Waals surface area (Å²) < 4.78 is 7.19. The Kier molecular flexibility index (Phi) is 3.30. The second-order valence-electron chi connectivity index (χ2n) is 5.30. The Labute approximate surface area is 117 Å². The van der Waals surface area contributed by atoms with Crippen LogP contribution in [0.1, 0.15) is 34.1 Å². The van der Waals surface area contributed by atoms with Crippen LogP contribution in [-0.4, -0.2) is 27.2 Å². The Morgan fingerprint density at radius 2 is 2.40 bits per heavy atom. The number of imidazole rings is 1. The number of hydrogen-bond donors (Lipinski definition) is 1. The lowest BCUT2D eigenvalue weighted by Crippen LogP contribution is -2.33. The highest BCUT2D eigenvalue weighted by molar-refractivity contribution is 5.96. The minimum atomic E-state index is -0.102. The number of aryl methyl sites for hydroxylation is 3. The minimum absolute atomic E-state index is 0.102. The smallest absolute Gasteiger partial charge is 0.256 e. The van der Waals surface area contributed by atoms with E-state index in [0.29, 0.717) is 29.5 Å². The van der Waals surface area contributed by atoms with Crippen molar-refractivity contribution in [3.05, 3.63) is 35.2 Å². The van der Waals surface area contributed by atoms with E-state index in [0.717, 1.165) is 25.2 Å². The molecule has 0 saturated heterocycles. The van der Waals surface area contributed by atoms with Crippen LogP contribution >= 0.6 is 0 Å². The average molecular weight is 274 g/mol. The second-order valence-corrected chi connectivity index (χ2v) is 5.30. The van der Waals surface area contributed by atoms with Gasteiger partial charge in [0.15, 0.2) is 0 Å². The summed E-state index contributed by atoms with van der Waals surface area (Å²) in [5.41, 5.74) is 1.20. The number of amides is 1. The highest BCUT2D eigenvalue weighted by Gasteiger charge is 2.22. The molecule has 0 unspecified atom stereocenters. The van der Waals surface area contributed by atoms with E-state index in [1.165, 1.54) is 0 Å². The normalized spacial score (nSPS) is 17.8. The van der Waals surface area contributed by atoms with Crippen LogP contribution in [0.25, 0.3) is 0 Å². The van der Waals surface area contributed by atoms with Gasteiger partial charge < -0.3 is 14.4 Å². The van der Waals surface area contributed by atoms with Gasteiger partial charge in [-0.2, -0.15) is 0 Å². The number of nitrogens with zero attached hydrogens (tertiary/aromatic N) is 3. The van der Waals surface area contributed by atoms with Gasteiger partial charge in [0.2, 0.25) is 0 Å². The van der Waals surface area contributed by atoms with Gasteiger partial charge in [-0.25, -0.2) is 4.98 Å². The molecule has 6 heteroatoms. The van der Waals surface area contributed by atoms with Crippen molar-refractivity contribution in [2.24, 2.45) is 5.92 Å². The fraction of sp³-hybridized carbons (Fsp3) is 0.500. The van der Waals surface area contributed by atoms with E-state index < -0.39 is 0 Å². The molecule has 1 N–H and O–H groups in total. The molecule has 1 atom stereocenters. The Balaban J connectivity index is 1.60. The van der Waals surface area contributed by atoms with E-state index in [4.69, 9.17) is 4.52 Å². The fourth-order valence-electron chi connectivity index (χ4n) is 2.72. The Hall–Kier alpha value is -2.11. The lowest BCUT2D eigenvalue weighted by atomic mass is 9.97. The summed E-state index contributed by atoms with van der Waals surface area (Å²) in [5, 5.41) is 6.79. The Bertz CT molecular complexity index is 609. The number of carbonyl (C=O) groups is 1. The largest absolute Gasteiger partial charge is 0.361 e. The zero-order valence-electron chi connectivity index (χ0n) is 11.7. The molecule has 1 aliphatic heterocycles. The molecule has 20 heavy (non-hydrogen) atoms. The van der Waals surface area contributed by atoms with Gasteiger partial charge in [-0.1, -0.05) is 5.16 Å². The van der Waals surface area contributed by atoms with Crippen molar-refractivity contribution in [2.45, 2.75) is 33.2 Å². The summed E-state index contributed by atoms with van der Waals surface area (Å²) in [7, 11) is 0. The first-order valence-electron chi connectivity index (χ1n) is 6.86. The van der Waals surface area contributed by atoms with Gasteiger partial charge in [0.05, 0.1) is 5.69 Å². The Morgan fingerprint density at radius 3 is 3.15 bits per heavy atom. The number of carbonyl (C=O) groups excluding carboxylic acids is 1. The van der Waals surface area contributed by atoms with Crippen LogP contribution in [0.3, 0.4) is 0 Å². The van der Waals surface area contributed by atoms with Gasteiger partial charge >= 0.3 is 0 Å². The highest BCUT2D eigenvalue weighted by atomic mass is 16.5. The molecule has 2 aromatic rings. The minimum Gasteiger partial charge on any atom is -0.361 e. The average Bonchev–Trinajstić information content (AvgIpc) is 3.02. The summed E-state index contributed by atoms with van der Waals surface area (Å²) in [6, 6.07) is 0. The standard InChI is InChI=1S/C14H18N4O2/c1-9-13(10(2)20-17-9)14(19)16-8-11-3-5-18-6-4-15-12(18)7-11/h4,6,11H,3,5,7-8H2,1-2H3,(H,16,19)/t11-/m1/s1. The number of aromatic nitrogens is 3. The first kappa shape index (κ1) is 12.9. The van der Waals surface area contributed by atoms with E-state index in [2.05, 4.69) is 20.0 Å². The maximum atomic E-state index is 12.2. The van der Waals surface area contributed by atoms with E-state index in [1.807, 2.05) is 12.4 Å². The third-order valence-electron chi connectivity index (χ3n) is 3.86. The molecular formula is C14H18N4O2. The van der Waals surface area contributed by atoms with E-state index in [1.54, 1.807) is 13.8 Å². The summed E-state index contributed by atoms with van der Waals surface area (Å²) in [4.78, 5) is 16.5. The van der Waals surface area contributed by atoms with Crippen LogP contribution in [0, 0.1) is 19.8 Å². The summed E-state index contributed by atoms with van der Waals surface area (Å²) in [5.74, 6) is 2.01. The number of hydrogen-bond acceptors (Lipinski definition) is 4. The SMILES string of the molecule is Cc1noc(C)c1C(=O)NC[C@@H]1CCn2ccnc2C1. The maximum absolute atomic E-state index is 12.2. The van der Waals surface area contributed by atoms with Crippen molar-refractivity contribution in [3.8, 4) is 0 Å². The zero-order chi connectivity index (χ0) is 14.1. The lowest BCUT2D eigenvalue weighted by molar-refractivity contribution is 0.0942. The second kappa shape index (κ2) is 5.11. The summed E-state index contributed by atoms with van der Waals surface area (Å²) in [6.07, 6.45) is 5.81. The fourth-order valence-corrected chi connectivity index (χ4v) is 2.72.